The van der Waals surface area contributed by atoms with E-state index in [2.05, 4.69) is 15.2 Å². The van der Waals surface area contributed by atoms with Gasteiger partial charge in [0.15, 0.2) is 0 Å². The smallest absolute Gasteiger partial charge is 0.368 e. The van der Waals surface area contributed by atoms with Gasteiger partial charge in [-0.1, -0.05) is 30.3 Å². The van der Waals surface area contributed by atoms with Crippen LogP contribution in [0.15, 0.2) is 53.3 Å². The lowest BCUT2D eigenvalue weighted by Crippen LogP contribution is -2.34. The van der Waals surface area contributed by atoms with E-state index in [1.807, 2.05) is 35.2 Å². The van der Waals surface area contributed by atoms with Crippen molar-refractivity contribution in [2.75, 3.05) is 6.54 Å². The largest absolute Gasteiger partial charge is 0.416 e. The van der Waals surface area contributed by atoms with Crippen molar-refractivity contribution in [1.82, 2.24) is 20.1 Å². The van der Waals surface area contributed by atoms with Crippen LogP contribution in [0.3, 0.4) is 0 Å². The predicted octanol–water partition coefficient (Wildman–Crippen LogP) is 4.67. The van der Waals surface area contributed by atoms with Gasteiger partial charge in [0.05, 0.1) is 35.9 Å². The van der Waals surface area contributed by atoms with Crippen molar-refractivity contribution in [3.63, 3.8) is 0 Å². The third kappa shape index (κ3) is 4.59. The predicted molar refractivity (Wildman–Crippen MR) is 111 cm³/mol. The number of nitrogens with one attached hydrogen (secondary N) is 2. The number of likely N-dealkylation sites (tertiary alicyclic amines) is 1. The van der Waals surface area contributed by atoms with Crippen LogP contribution in [0, 0.1) is 5.92 Å². The SMILES string of the molecule is O=c1[nH]nc(CN2CC3CC3(OCc3cc(C(F)(F)F)cc(C(F)(F)F)c3)C2c2ccccc2)[nH]1. The van der Waals surface area contributed by atoms with Crippen molar-refractivity contribution < 1.29 is 31.1 Å². The number of fused-ring (bicyclic) bond motifs is 1. The molecule has 5 rings (SSSR count). The number of hydrogen-bond donors (Lipinski definition) is 2. The average Bonchev–Trinajstić information content (AvgIpc) is 3.16. The molecule has 1 aliphatic carbocycles. The highest BCUT2D eigenvalue weighted by atomic mass is 19.4. The van der Waals surface area contributed by atoms with Crippen LogP contribution in [-0.4, -0.2) is 32.2 Å². The highest BCUT2D eigenvalue weighted by Crippen LogP contribution is 2.63. The number of ether oxygens (including phenoxy) is 1. The number of H-pyrrole nitrogens is 2. The van der Waals surface area contributed by atoms with Crippen molar-refractivity contribution in [3.8, 4) is 0 Å². The molecule has 2 aromatic carbocycles. The van der Waals surface area contributed by atoms with Crippen LogP contribution in [0.2, 0.25) is 0 Å². The summed E-state index contributed by atoms with van der Waals surface area (Å²) in [4.78, 5) is 16.1. The summed E-state index contributed by atoms with van der Waals surface area (Å²) in [6.07, 6.45) is -9.23. The second-order valence-corrected chi connectivity index (χ2v) is 8.93. The minimum atomic E-state index is -4.92. The first kappa shape index (κ1) is 23.6. The number of rotatable bonds is 6. The zero-order chi connectivity index (χ0) is 25.0. The van der Waals surface area contributed by atoms with E-state index in [1.165, 1.54) is 0 Å². The summed E-state index contributed by atoms with van der Waals surface area (Å²) in [5.74, 6) is 0.450. The van der Waals surface area contributed by atoms with Gasteiger partial charge in [-0.3, -0.25) is 9.88 Å². The fourth-order valence-corrected chi connectivity index (χ4v) is 5.01. The summed E-state index contributed by atoms with van der Waals surface area (Å²) in [5.41, 5.74) is -3.27. The molecule has 0 radical (unpaired) electrons. The molecule has 3 unspecified atom stereocenters. The highest BCUT2D eigenvalue weighted by molar-refractivity contribution is 5.35. The Balaban J connectivity index is 1.43. The first-order chi connectivity index (χ1) is 16.5. The Hall–Kier alpha value is -3.12. The van der Waals surface area contributed by atoms with E-state index in [0.717, 1.165) is 5.56 Å². The maximum absolute atomic E-state index is 13.3. The molecule has 2 aliphatic rings. The monoisotopic (exact) mass is 498 g/mol. The Kier molecular flexibility index (Phi) is 5.55. The van der Waals surface area contributed by atoms with Gasteiger partial charge in [0.25, 0.3) is 0 Å². The molecule has 0 spiro atoms. The average molecular weight is 498 g/mol. The van der Waals surface area contributed by atoms with Gasteiger partial charge in [0.1, 0.15) is 5.82 Å². The second kappa shape index (κ2) is 8.23. The number of benzene rings is 2. The van der Waals surface area contributed by atoms with Gasteiger partial charge in [-0.2, -0.15) is 31.4 Å². The van der Waals surface area contributed by atoms with Gasteiger partial charge in [-0.25, -0.2) is 9.89 Å². The number of aromatic amines is 2. The van der Waals surface area contributed by atoms with Gasteiger partial charge >= 0.3 is 18.0 Å². The summed E-state index contributed by atoms with van der Waals surface area (Å²) in [6, 6.07) is 10.5. The molecule has 1 aliphatic heterocycles. The lowest BCUT2D eigenvalue weighted by atomic mass is 9.99. The topological polar surface area (TPSA) is 74.0 Å². The van der Waals surface area contributed by atoms with Crippen LogP contribution in [0.1, 0.15) is 40.5 Å². The van der Waals surface area contributed by atoms with E-state index in [1.54, 1.807) is 0 Å². The molecule has 2 fully saturated rings. The van der Waals surface area contributed by atoms with E-state index in [9.17, 15) is 31.1 Å². The van der Waals surface area contributed by atoms with Crippen molar-refractivity contribution in [2.24, 2.45) is 5.92 Å². The number of aromatic nitrogens is 3. The standard InChI is InChI=1S/C23H20F6N4O2/c24-22(25,26)15-6-13(7-16(8-15)23(27,28)29)12-35-21-9-17(21)10-33(11-18-30-20(34)32-31-18)19(21)14-4-2-1-3-5-14/h1-8,17,19H,9-12H2,(H2,30,31,32,34). The summed E-state index contributed by atoms with van der Waals surface area (Å²) in [7, 11) is 0. The Bertz CT molecular complexity index is 1240. The van der Waals surface area contributed by atoms with Crippen LogP contribution < -0.4 is 5.69 Å². The number of alkyl halides is 6. The summed E-state index contributed by atoms with van der Waals surface area (Å²) >= 11 is 0. The van der Waals surface area contributed by atoms with Crippen molar-refractivity contribution >= 4 is 0 Å². The zero-order valence-corrected chi connectivity index (χ0v) is 18.1. The number of nitrogens with zero attached hydrogens (tertiary/aromatic N) is 2. The molecule has 2 heterocycles. The highest BCUT2D eigenvalue weighted by Gasteiger charge is 2.67. The number of hydrogen-bond acceptors (Lipinski definition) is 4. The fraction of sp³-hybridized carbons (Fsp3) is 0.391. The molecule has 3 aromatic rings. The minimum Gasteiger partial charge on any atom is -0.368 e. The van der Waals surface area contributed by atoms with E-state index in [4.69, 9.17) is 4.74 Å². The van der Waals surface area contributed by atoms with Crippen LogP contribution in [-0.2, 0) is 30.2 Å². The van der Waals surface area contributed by atoms with E-state index in [-0.39, 0.29) is 23.6 Å². The van der Waals surface area contributed by atoms with Crippen molar-refractivity contribution in [2.45, 2.75) is 43.6 Å². The van der Waals surface area contributed by atoms with Crippen molar-refractivity contribution in [1.29, 1.82) is 0 Å². The number of piperidine rings is 1. The van der Waals surface area contributed by atoms with E-state index >= 15 is 0 Å². The van der Waals surface area contributed by atoms with Crippen LogP contribution in [0.4, 0.5) is 26.3 Å². The van der Waals surface area contributed by atoms with Gasteiger partial charge < -0.3 is 4.74 Å². The molecule has 0 amide bonds. The van der Waals surface area contributed by atoms with Crippen LogP contribution in [0.5, 0.6) is 0 Å². The first-order valence-corrected chi connectivity index (χ1v) is 10.8. The normalized spacial score (nSPS) is 24.5. The van der Waals surface area contributed by atoms with Crippen LogP contribution in [0.25, 0.3) is 0 Å². The van der Waals surface area contributed by atoms with E-state index in [0.29, 0.717) is 37.5 Å². The molecule has 1 aromatic heterocycles. The molecular weight excluding hydrogens is 478 g/mol. The molecule has 1 saturated carbocycles. The lowest BCUT2D eigenvalue weighted by Gasteiger charge is -2.32. The third-order valence-corrected chi connectivity index (χ3v) is 6.55. The molecule has 12 heteroatoms. The lowest BCUT2D eigenvalue weighted by molar-refractivity contribution is -0.143. The third-order valence-electron chi connectivity index (χ3n) is 6.55. The molecule has 35 heavy (non-hydrogen) atoms. The zero-order valence-electron chi connectivity index (χ0n) is 18.1. The molecular formula is C23H20F6N4O2. The Labute approximate surface area is 194 Å². The summed E-state index contributed by atoms with van der Waals surface area (Å²) in [5, 5.41) is 6.25. The Morgan fingerprint density at radius 3 is 2.26 bits per heavy atom. The number of halogens is 6. The molecule has 186 valence electrons. The van der Waals surface area contributed by atoms with Gasteiger partial charge in [-0.15, -0.1) is 0 Å². The van der Waals surface area contributed by atoms with Gasteiger partial charge in [0.2, 0.25) is 0 Å². The summed E-state index contributed by atoms with van der Waals surface area (Å²) < 4.78 is 85.7. The fourth-order valence-electron chi connectivity index (χ4n) is 5.01. The maximum atomic E-state index is 13.3. The second-order valence-electron chi connectivity index (χ2n) is 8.93. The van der Waals surface area contributed by atoms with E-state index < -0.39 is 41.4 Å². The molecule has 6 nitrogen and oxygen atoms in total. The quantitative estimate of drug-likeness (QED) is 0.485. The molecule has 0 bridgehead atoms. The molecule has 1 saturated heterocycles. The Morgan fingerprint density at radius 2 is 1.69 bits per heavy atom. The van der Waals surface area contributed by atoms with Gasteiger partial charge in [-0.05, 0) is 35.7 Å². The molecule has 3 atom stereocenters. The first-order valence-electron chi connectivity index (χ1n) is 10.8. The maximum Gasteiger partial charge on any atom is 0.416 e. The summed E-state index contributed by atoms with van der Waals surface area (Å²) in [6.45, 7) is 0.465. The Morgan fingerprint density at radius 1 is 1.03 bits per heavy atom. The molecule has 2 N–H and O–H groups in total. The van der Waals surface area contributed by atoms with Crippen LogP contribution >= 0.6 is 0 Å². The van der Waals surface area contributed by atoms with Gasteiger partial charge in [0, 0.05) is 12.5 Å². The minimum absolute atomic E-state index is 0.0336. The van der Waals surface area contributed by atoms with Crippen molar-refractivity contribution in [3.05, 3.63) is 87.1 Å².